The van der Waals surface area contributed by atoms with Crippen LogP contribution in [0.1, 0.15) is 26.4 Å². The Balaban J connectivity index is 2.42. The van der Waals surface area contributed by atoms with E-state index < -0.39 is 0 Å². The molecular weight excluding hydrogens is 383 g/mol. The predicted octanol–water partition coefficient (Wildman–Crippen LogP) is 6.27. The van der Waals surface area contributed by atoms with Gasteiger partial charge >= 0.3 is 0 Å². The van der Waals surface area contributed by atoms with Gasteiger partial charge in [-0.2, -0.15) is 0 Å². The zero-order chi connectivity index (χ0) is 12.6. The number of thiophene rings is 1. The predicted molar refractivity (Wildman–Crippen MR) is 83.7 cm³/mol. The van der Waals surface area contributed by atoms with Gasteiger partial charge in [0.05, 0.1) is 9.16 Å². The van der Waals surface area contributed by atoms with Crippen molar-refractivity contribution in [3.63, 3.8) is 0 Å². The second-order valence-corrected chi connectivity index (χ2v) is 7.45. The van der Waals surface area contributed by atoms with Gasteiger partial charge in [0.15, 0.2) is 0 Å². The lowest BCUT2D eigenvalue weighted by Gasteiger charge is -2.11. The smallest absolute Gasteiger partial charge is 0.0960 e. The van der Waals surface area contributed by atoms with Crippen LogP contribution in [-0.4, -0.2) is 0 Å². The summed E-state index contributed by atoms with van der Waals surface area (Å²) in [5.41, 5.74) is 3.63. The van der Waals surface area contributed by atoms with Gasteiger partial charge in [-0.15, -0.1) is 11.3 Å². The van der Waals surface area contributed by atoms with E-state index in [1.807, 2.05) is 6.92 Å². The molecule has 0 saturated heterocycles. The third kappa shape index (κ3) is 2.95. The Morgan fingerprint density at radius 3 is 2.53 bits per heavy atom. The number of hydrogen-bond acceptors (Lipinski definition) is 1. The fourth-order valence-corrected chi connectivity index (χ4v) is 4.41. The average molecular weight is 395 g/mol. The van der Waals surface area contributed by atoms with Crippen LogP contribution in [0.2, 0.25) is 4.34 Å². The summed E-state index contributed by atoms with van der Waals surface area (Å²) in [5.74, 6) is 0. The van der Waals surface area contributed by atoms with Crippen LogP contribution >= 0.6 is 54.8 Å². The standard InChI is InChI=1S/C13H11Br2ClS/c1-7-3-4-10(14)9(5-7)12(15)11-6-8(2)13(16)17-11/h3-6,12H,1-2H3. The van der Waals surface area contributed by atoms with Gasteiger partial charge in [0.2, 0.25) is 0 Å². The van der Waals surface area contributed by atoms with Crippen molar-refractivity contribution in [2.75, 3.05) is 0 Å². The molecule has 0 radical (unpaired) electrons. The van der Waals surface area contributed by atoms with Gasteiger partial charge < -0.3 is 0 Å². The minimum absolute atomic E-state index is 0.188. The number of aryl methyl sites for hydroxylation is 2. The molecule has 0 aliphatic carbocycles. The molecule has 0 spiro atoms. The first-order valence-corrected chi connectivity index (χ1v) is 8.05. The summed E-state index contributed by atoms with van der Waals surface area (Å²) in [7, 11) is 0. The Morgan fingerprint density at radius 2 is 1.94 bits per heavy atom. The third-order valence-electron chi connectivity index (χ3n) is 2.55. The van der Waals surface area contributed by atoms with Gasteiger partial charge in [-0.05, 0) is 37.1 Å². The Hall–Kier alpha value is 0.170. The molecule has 2 rings (SSSR count). The number of benzene rings is 1. The van der Waals surface area contributed by atoms with Crippen molar-refractivity contribution < 1.29 is 0 Å². The zero-order valence-electron chi connectivity index (χ0n) is 9.43. The van der Waals surface area contributed by atoms with Crippen LogP contribution in [0.4, 0.5) is 0 Å². The lowest BCUT2D eigenvalue weighted by molar-refractivity contribution is 1.19. The van der Waals surface area contributed by atoms with Gasteiger partial charge in [0.25, 0.3) is 0 Å². The first-order chi connectivity index (χ1) is 7.99. The average Bonchev–Trinajstić information content (AvgIpc) is 2.62. The molecule has 1 heterocycles. The molecule has 4 heteroatoms. The van der Waals surface area contributed by atoms with Crippen LogP contribution in [-0.2, 0) is 0 Å². The molecule has 1 aromatic carbocycles. The summed E-state index contributed by atoms with van der Waals surface area (Å²) < 4.78 is 1.99. The van der Waals surface area contributed by atoms with E-state index in [9.17, 15) is 0 Å². The Morgan fingerprint density at radius 1 is 1.24 bits per heavy atom. The zero-order valence-corrected chi connectivity index (χ0v) is 14.2. The maximum absolute atomic E-state index is 6.12. The molecule has 17 heavy (non-hydrogen) atoms. The normalized spacial score (nSPS) is 12.8. The van der Waals surface area contributed by atoms with Crippen molar-refractivity contribution in [2.24, 2.45) is 0 Å². The van der Waals surface area contributed by atoms with Crippen LogP contribution in [0.15, 0.2) is 28.7 Å². The molecule has 0 bridgehead atoms. The van der Waals surface area contributed by atoms with E-state index in [0.29, 0.717) is 0 Å². The van der Waals surface area contributed by atoms with E-state index in [4.69, 9.17) is 11.6 Å². The third-order valence-corrected chi connectivity index (χ3v) is 6.18. The SMILES string of the molecule is Cc1ccc(Br)c(C(Br)c2cc(C)c(Cl)s2)c1. The van der Waals surface area contributed by atoms with E-state index in [-0.39, 0.29) is 4.83 Å². The van der Waals surface area contributed by atoms with E-state index in [0.717, 1.165) is 14.4 Å². The first kappa shape index (κ1) is 13.6. The van der Waals surface area contributed by atoms with E-state index in [2.05, 4.69) is 63.0 Å². The van der Waals surface area contributed by atoms with Crippen LogP contribution in [0.25, 0.3) is 0 Å². The minimum atomic E-state index is 0.188. The van der Waals surface area contributed by atoms with E-state index in [1.54, 1.807) is 11.3 Å². The van der Waals surface area contributed by atoms with E-state index >= 15 is 0 Å². The highest BCUT2D eigenvalue weighted by atomic mass is 79.9. The number of alkyl halides is 1. The van der Waals surface area contributed by atoms with Crippen molar-refractivity contribution in [3.8, 4) is 0 Å². The molecule has 0 amide bonds. The maximum Gasteiger partial charge on any atom is 0.0960 e. The molecule has 0 nitrogen and oxygen atoms in total. The molecule has 0 aliphatic heterocycles. The second-order valence-electron chi connectivity index (χ2n) is 3.99. The van der Waals surface area contributed by atoms with Crippen LogP contribution in [0.5, 0.6) is 0 Å². The van der Waals surface area contributed by atoms with E-state index in [1.165, 1.54) is 16.0 Å². The Bertz CT molecular complexity index is 529. The quantitative estimate of drug-likeness (QED) is 0.527. The van der Waals surface area contributed by atoms with Crippen molar-refractivity contribution in [1.82, 2.24) is 0 Å². The fraction of sp³-hybridized carbons (Fsp3) is 0.231. The maximum atomic E-state index is 6.12. The lowest BCUT2D eigenvalue weighted by Crippen LogP contribution is -1.92. The van der Waals surface area contributed by atoms with Gasteiger partial charge in [-0.25, -0.2) is 0 Å². The Labute approximate surface area is 127 Å². The van der Waals surface area contributed by atoms with Crippen LogP contribution in [0.3, 0.4) is 0 Å². The largest absolute Gasteiger partial charge is 0.127 e. The van der Waals surface area contributed by atoms with Gasteiger partial charge in [-0.3, -0.25) is 0 Å². The highest BCUT2D eigenvalue weighted by Crippen LogP contribution is 2.41. The van der Waals surface area contributed by atoms with Gasteiger partial charge in [0, 0.05) is 9.35 Å². The monoisotopic (exact) mass is 392 g/mol. The first-order valence-electron chi connectivity index (χ1n) is 5.15. The summed E-state index contributed by atoms with van der Waals surface area (Å²) in [6.07, 6.45) is 0. The molecule has 0 aliphatic rings. The van der Waals surface area contributed by atoms with Crippen LogP contribution < -0.4 is 0 Å². The summed E-state index contributed by atoms with van der Waals surface area (Å²) in [5, 5.41) is 0. The topological polar surface area (TPSA) is 0 Å². The molecule has 90 valence electrons. The molecule has 2 aromatic rings. The van der Waals surface area contributed by atoms with Gasteiger partial charge in [-0.1, -0.05) is 61.2 Å². The number of halogens is 3. The summed E-state index contributed by atoms with van der Waals surface area (Å²) >= 11 is 15.1. The summed E-state index contributed by atoms with van der Waals surface area (Å²) in [6, 6.07) is 8.51. The molecular formula is C13H11Br2ClS. The lowest BCUT2D eigenvalue weighted by atomic mass is 10.1. The summed E-state index contributed by atoms with van der Waals surface area (Å²) in [6.45, 7) is 4.13. The molecule has 1 atom stereocenters. The molecule has 1 aromatic heterocycles. The Kier molecular flexibility index (Phi) is 4.35. The molecule has 1 unspecified atom stereocenters. The van der Waals surface area contributed by atoms with Crippen molar-refractivity contribution in [2.45, 2.75) is 18.7 Å². The van der Waals surface area contributed by atoms with Crippen molar-refractivity contribution in [1.29, 1.82) is 0 Å². The molecule has 0 fully saturated rings. The number of hydrogen-bond donors (Lipinski definition) is 0. The highest BCUT2D eigenvalue weighted by molar-refractivity contribution is 9.11. The van der Waals surface area contributed by atoms with Crippen molar-refractivity contribution in [3.05, 3.63) is 54.6 Å². The number of rotatable bonds is 2. The molecule has 0 N–H and O–H groups in total. The highest BCUT2D eigenvalue weighted by Gasteiger charge is 2.17. The summed E-state index contributed by atoms with van der Waals surface area (Å²) in [4.78, 5) is 1.42. The van der Waals surface area contributed by atoms with Gasteiger partial charge in [0.1, 0.15) is 0 Å². The van der Waals surface area contributed by atoms with Crippen LogP contribution in [0, 0.1) is 13.8 Å². The van der Waals surface area contributed by atoms with Crippen molar-refractivity contribution >= 4 is 54.8 Å². The molecule has 0 saturated carbocycles. The fourth-order valence-electron chi connectivity index (χ4n) is 1.62. The minimum Gasteiger partial charge on any atom is -0.127 e. The second kappa shape index (κ2) is 5.43.